The monoisotopic (exact) mass is 761 g/mol. The molecule has 0 heterocycles. The van der Waals surface area contributed by atoms with Crippen LogP contribution in [0.4, 0.5) is 17.1 Å². The molecule has 0 saturated heterocycles. The van der Waals surface area contributed by atoms with E-state index in [1.54, 1.807) is 0 Å². The summed E-state index contributed by atoms with van der Waals surface area (Å²) in [7, 11) is 0. The number of fused-ring (bicyclic) bond motifs is 12. The molecule has 0 radical (unpaired) electrons. The summed E-state index contributed by atoms with van der Waals surface area (Å²) in [6.45, 7) is 0. The van der Waals surface area contributed by atoms with E-state index in [2.05, 4.69) is 241 Å². The standard InChI is InChI=1S/C59H39N/c1-4-16-40(17-5-1)42-28-33-46(34-29-42)60(47-35-30-43(31-36-47)41-18-6-2-7-19-41)48-38-52(44-20-8-3-9-21-44)58-56(39-48)59(55-37-32-45-22-10-11-23-49(45)57(55)58)53-26-14-12-24-50(53)51-25-13-15-27-54(51)59/h1-39H. The highest BCUT2D eigenvalue weighted by Crippen LogP contribution is 2.66. The lowest BCUT2D eigenvalue weighted by Gasteiger charge is -2.33. The minimum absolute atomic E-state index is 0.526. The van der Waals surface area contributed by atoms with Gasteiger partial charge in [-0.1, -0.05) is 200 Å². The highest BCUT2D eigenvalue weighted by molar-refractivity contribution is 6.10. The Balaban J connectivity index is 1.18. The van der Waals surface area contributed by atoms with Crippen molar-refractivity contribution >= 4 is 27.8 Å². The number of hydrogen-bond acceptors (Lipinski definition) is 1. The number of benzene rings is 10. The van der Waals surface area contributed by atoms with Crippen molar-refractivity contribution in [2.24, 2.45) is 0 Å². The van der Waals surface area contributed by atoms with Crippen LogP contribution < -0.4 is 4.90 Å². The van der Waals surface area contributed by atoms with Gasteiger partial charge < -0.3 is 4.90 Å². The molecule has 1 heteroatoms. The second-order valence-electron chi connectivity index (χ2n) is 16.0. The van der Waals surface area contributed by atoms with Crippen LogP contribution >= 0.6 is 0 Å². The molecular formula is C59H39N. The summed E-state index contributed by atoms with van der Waals surface area (Å²) >= 11 is 0. The van der Waals surface area contributed by atoms with Gasteiger partial charge in [-0.25, -0.2) is 0 Å². The lowest BCUT2D eigenvalue weighted by atomic mass is 9.70. The summed E-state index contributed by atoms with van der Waals surface area (Å²) in [5.41, 5.74) is 20.6. The molecule has 0 aromatic heterocycles. The van der Waals surface area contributed by atoms with Gasteiger partial charge in [-0.05, 0) is 125 Å². The Labute approximate surface area is 351 Å². The van der Waals surface area contributed by atoms with Gasteiger partial charge in [0.15, 0.2) is 0 Å². The Morgan fingerprint density at radius 1 is 0.267 bits per heavy atom. The summed E-state index contributed by atoms with van der Waals surface area (Å²) in [5, 5.41) is 2.53. The van der Waals surface area contributed by atoms with E-state index in [1.807, 2.05) is 0 Å². The van der Waals surface area contributed by atoms with Crippen LogP contribution in [0.25, 0.3) is 66.4 Å². The van der Waals surface area contributed by atoms with E-state index in [9.17, 15) is 0 Å². The van der Waals surface area contributed by atoms with Crippen LogP contribution in [0.1, 0.15) is 22.3 Å². The molecule has 0 fully saturated rings. The quantitative estimate of drug-likeness (QED) is 0.163. The van der Waals surface area contributed by atoms with E-state index in [-0.39, 0.29) is 0 Å². The van der Waals surface area contributed by atoms with Gasteiger partial charge in [0, 0.05) is 17.1 Å². The molecule has 10 aromatic carbocycles. The minimum atomic E-state index is -0.526. The summed E-state index contributed by atoms with van der Waals surface area (Å²) in [4.78, 5) is 2.46. The zero-order chi connectivity index (χ0) is 39.6. The molecule has 1 nitrogen and oxygen atoms in total. The van der Waals surface area contributed by atoms with E-state index in [0.29, 0.717) is 0 Å². The first kappa shape index (κ1) is 34.3. The van der Waals surface area contributed by atoms with E-state index in [0.717, 1.165) is 17.1 Å². The first-order valence-corrected chi connectivity index (χ1v) is 20.8. The van der Waals surface area contributed by atoms with Crippen molar-refractivity contribution in [2.45, 2.75) is 5.41 Å². The van der Waals surface area contributed by atoms with Crippen LogP contribution in [0.3, 0.4) is 0 Å². The van der Waals surface area contributed by atoms with Gasteiger partial charge in [0.05, 0.1) is 5.41 Å². The Morgan fingerprint density at radius 3 is 1.30 bits per heavy atom. The lowest BCUT2D eigenvalue weighted by molar-refractivity contribution is 0.794. The molecule has 2 aliphatic rings. The van der Waals surface area contributed by atoms with E-state index in [1.165, 1.54) is 88.7 Å². The average molecular weight is 762 g/mol. The number of anilines is 3. The Hall–Kier alpha value is -7.74. The Bertz CT molecular complexity index is 3090. The highest BCUT2D eigenvalue weighted by Gasteiger charge is 2.53. The van der Waals surface area contributed by atoms with Crippen LogP contribution in [-0.4, -0.2) is 0 Å². The summed E-state index contributed by atoms with van der Waals surface area (Å²) in [6.07, 6.45) is 0. The molecule has 0 saturated carbocycles. The molecule has 0 aliphatic heterocycles. The van der Waals surface area contributed by atoms with Crippen molar-refractivity contribution in [3.8, 4) is 55.6 Å². The topological polar surface area (TPSA) is 3.24 Å². The molecular weight excluding hydrogens is 723 g/mol. The average Bonchev–Trinajstić information content (AvgIpc) is 3.80. The van der Waals surface area contributed by atoms with Gasteiger partial charge in [0.2, 0.25) is 0 Å². The number of hydrogen-bond donors (Lipinski definition) is 0. The molecule has 12 rings (SSSR count). The van der Waals surface area contributed by atoms with Crippen molar-refractivity contribution in [3.05, 3.63) is 259 Å². The van der Waals surface area contributed by atoms with Gasteiger partial charge in [-0.3, -0.25) is 0 Å². The van der Waals surface area contributed by atoms with Crippen LogP contribution in [0.5, 0.6) is 0 Å². The smallest absolute Gasteiger partial charge is 0.0726 e. The van der Waals surface area contributed by atoms with Crippen LogP contribution in [-0.2, 0) is 5.41 Å². The van der Waals surface area contributed by atoms with Gasteiger partial charge in [-0.2, -0.15) is 0 Å². The fourth-order valence-electron chi connectivity index (χ4n) is 10.3. The Kier molecular flexibility index (Phi) is 7.83. The fourth-order valence-corrected chi connectivity index (χ4v) is 10.3. The molecule has 0 atom stereocenters. The molecule has 280 valence electrons. The third-order valence-electron chi connectivity index (χ3n) is 12.9. The number of rotatable bonds is 6. The molecule has 0 bridgehead atoms. The SMILES string of the molecule is c1ccc(-c2ccc(N(c3ccc(-c4ccccc4)cc3)c3cc(-c4ccccc4)c4c(c3)C3(c5ccccc5-c5ccccc53)c3ccc5ccccc5c3-4)cc2)cc1. The van der Waals surface area contributed by atoms with Crippen molar-refractivity contribution < 1.29 is 0 Å². The fraction of sp³-hybridized carbons (Fsp3) is 0.0169. The summed E-state index contributed by atoms with van der Waals surface area (Å²) in [6, 6.07) is 87.3. The van der Waals surface area contributed by atoms with Crippen molar-refractivity contribution in [1.29, 1.82) is 0 Å². The second-order valence-corrected chi connectivity index (χ2v) is 16.0. The van der Waals surface area contributed by atoms with Crippen LogP contribution in [0.2, 0.25) is 0 Å². The van der Waals surface area contributed by atoms with Crippen LogP contribution in [0.15, 0.2) is 237 Å². The van der Waals surface area contributed by atoms with E-state index in [4.69, 9.17) is 0 Å². The third-order valence-corrected chi connectivity index (χ3v) is 12.9. The molecule has 10 aromatic rings. The van der Waals surface area contributed by atoms with Gasteiger partial charge >= 0.3 is 0 Å². The minimum Gasteiger partial charge on any atom is -0.310 e. The maximum absolute atomic E-state index is 2.52. The van der Waals surface area contributed by atoms with Crippen molar-refractivity contribution in [1.82, 2.24) is 0 Å². The third kappa shape index (κ3) is 5.13. The van der Waals surface area contributed by atoms with Gasteiger partial charge in [-0.15, -0.1) is 0 Å². The molecule has 0 amide bonds. The van der Waals surface area contributed by atoms with Crippen molar-refractivity contribution in [3.63, 3.8) is 0 Å². The zero-order valence-electron chi connectivity index (χ0n) is 33.0. The first-order valence-electron chi connectivity index (χ1n) is 20.8. The molecule has 2 aliphatic carbocycles. The normalized spacial score (nSPS) is 12.8. The predicted molar refractivity (Wildman–Crippen MR) is 251 cm³/mol. The van der Waals surface area contributed by atoms with Crippen molar-refractivity contribution in [2.75, 3.05) is 4.90 Å². The second kappa shape index (κ2) is 13.7. The largest absolute Gasteiger partial charge is 0.310 e. The van der Waals surface area contributed by atoms with E-state index >= 15 is 0 Å². The highest BCUT2D eigenvalue weighted by atomic mass is 15.1. The summed E-state index contributed by atoms with van der Waals surface area (Å²) in [5.74, 6) is 0. The molecule has 60 heavy (non-hydrogen) atoms. The molecule has 1 spiro atoms. The summed E-state index contributed by atoms with van der Waals surface area (Å²) < 4.78 is 0. The Morgan fingerprint density at radius 2 is 0.733 bits per heavy atom. The van der Waals surface area contributed by atoms with E-state index < -0.39 is 5.41 Å². The maximum Gasteiger partial charge on any atom is 0.0726 e. The van der Waals surface area contributed by atoms with Gasteiger partial charge in [0.1, 0.15) is 0 Å². The van der Waals surface area contributed by atoms with Gasteiger partial charge in [0.25, 0.3) is 0 Å². The maximum atomic E-state index is 2.52. The predicted octanol–water partition coefficient (Wildman–Crippen LogP) is 15.7. The lowest BCUT2D eigenvalue weighted by Crippen LogP contribution is -2.26. The molecule has 0 unspecified atom stereocenters. The van der Waals surface area contributed by atoms with Crippen LogP contribution in [0, 0.1) is 0 Å². The molecule has 0 N–H and O–H groups in total. The number of nitrogens with zero attached hydrogens (tertiary/aromatic N) is 1. The zero-order valence-corrected chi connectivity index (χ0v) is 33.0. The first-order chi connectivity index (χ1) is 29.8.